The number of benzene rings is 1. The number of hydrogen-bond donors (Lipinski definition) is 2. The molecule has 0 aromatic heterocycles. The van der Waals surface area contributed by atoms with Crippen molar-refractivity contribution in [3.05, 3.63) is 41.7 Å². The average Bonchev–Trinajstić information content (AvgIpc) is 3.01. The van der Waals surface area contributed by atoms with E-state index in [1.165, 1.54) is 20.5 Å². The number of anilines is 1. The molecule has 3 rings (SSSR count). The Kier molecular flexibility index (Phi) is 6.45. The highest BCUT2D eigenvalue weighted by molar-refractivity contribution is 6.04. The van der Waals surface area contributed by atoms with Crippen molar-refractivity contribution in [1.82, 2.24) is 4.90 Å². The van der Waals surface area contributed by atoms with Crippen LogP contribution in [0.4, 0.5) is 5.69 Å². The second kappa shape index (κ2) is 8.87. The van der Waals surface area contributed by atoms with Gasteiger partial charge in [0.05, 0.1) is 26.1 Å². The molecule has 2 N–H and O–H groups in total. The van der Waals surface area contributed by atoms with Crippen molar-refractivity contribution in [3.63, 3.8) is 0 Å². The second-order valence-corrected chi connectivity index (χ2v) is 7.73. The van der Waals surface area contributed by atoms with Gasteiger partial charge in [0.1, 0.15) is 0 Å². The molecule has 0 bridgehead atoms. The normalized spacial score (nSPS) is 26.3. The highest BCUT2D eigenvalue weighted by Crippen LogP contribution is 2.39. The van der Waals surface area contributed by atoms with Gasteiger partial charge in [0.15, 0.2) is 5.60 Å². The number of carbonyl (C=O) groups excluding carboxylic acids is 3. The standard InChI is InChI=1S/C22H28N2O6/c1-4-14-12-24(19(25)11-15(14)16(13-29-2)20(26)30-3)10-9-22(28)17-7-5-6-8-18(17)23-21(22)27/h5-8,13-15,28H,4,9-12H2,1-3H3,(H,23,27)/t14-,15-,22-/m0/s1. The molecule has 0 spiro atoms. The molecule has 162 valence electrons. The van der Waals surface area contributed by atoms with Gasteiger partial charge in [-0.2, -0.15) is 0 Å². The predicted molar refractivity (Wildman–Crippen MR) is 109 cm³/mol. The Morgan fingerprint density at radius 1 is 1.33 bits per heavy atom. The summed E-state index contributed by atoms with van der Waals surface area (Å²) in [6, 6.07) is 7.02. The quantitative estimate of drug-likeness (QED) is 0.399. The fraction of sp³-hybridized carbons (Fsp3) is 0.500. The van der Waals surface area contributed by atoms with Gasteiger partial charge in [-0.1, -0.05) is 31.5 Å². The Bertz CT molecular complexity index is 867. The van der Waals surface area contributed by atoms with Crippen molar-refractivity contribution in [3.8, 4) is 0 Å². The maximum atomic E-state index is 12.8. The molecule has 8 nitrogen and oxygen atoms in total. The molecule has 1 aromatic carbocycles. The first-order valence-corrected chi connectivity index (χ1v) is 10.1. The zero-order chi connectivity index (χ0) is 21.9. The van der Waals surface area contributed by atoms with E-state index in [-0.39, 0.29) is 37.1 Å². The van der Waals surface area contributed by atoms with Crippen LogP contribution in [0.25, 0.3) is 0 Å². The number of piperidine rings is 1. The molecule has 8 heteroatoms. The fourth-order valence-corrected chi connectivity index (χ4v) is 4.37. The monoisotopic (exact) mass is 416 g/mol. The van der Waals surface area contributed by atoms with Crippen LogP contribution < -0.4 is 5.32 Å². The van der Waals surface area contributed by atoms with Crippen molar-refractivity contribution in [1.29, 1.82) is 0 Å². The maximum Gasteiger partial charge on any atom is 0.337 e. The number of para-hydroxylation sites is 1. The molecule has 2 aliphatic rings. The molecule has 1 fully saturated rings. The lowest BCUT2D eigenvalue weighted by molar-refractivity contribution is -0.143. The lowest BCUT2D eigenvalue weighted by Crippen LogP contribution is -2.48. The van der Waals surface area contributed by atoms with Crippen molar-refractivity contribution in [2.24, 2.45) is 11.8 Å². The molecule has 30 heavy (non-hydrogen) atoms. The van der Waals surface area contributed by atoms with Crippen molar-refractivity contribution in [2.45, 2.75) is 31.8 Å². The summed E-state index contributed by atoms with van der Waals surface area (Å²) in [5, 5.41) is 13.7. The molecule has 1 aromatic rings. The third-order valence-electron chi connectivity index (χ3n) is 6.10. The summed E-state index contributed by atoms with van der Waals surface area (Å²) in [5.74, 6) is -1.39. The summed E-state index contributed by atoms with van der Waals surface area (Å²) >= 11 is 0. The number of fused-ring (bicyclic) bond motifs is 1. The number of amides is 2. The lowest BCUT2D eigenvalue weighted by Gasteiger charge is -2.39. The number of nitrogens with one attached hydrogen (secondary N) is 1. The van der Waals surface area contributed by atoms with E-state index in [2.05, 4.69) is 5.32 Å². The Hall–Kier alpha value is -2.87. The van der Waals surface area contributed by atoms with Crippen LogP contribution in [-0.2, 0) is 29.5 Å². The minimum Gasteiger partial charge on any atom is -0.504 e. The van der Waals surface area contributed by atoms with E-state index >= 15 is 0 Å². The van der Waals surface area contributed by atoms with Crippen LogP contribution in [0.5, 0.6) is 0 Å². The van der Waals surface area contributed by atoms with E-state index in [0.29, 0.717) is 23.4 Å². The zero-order valence-corrected chi connectivity index (χ0v) is 17.5. The molecule has 3 atom stereocenters. The predicted octanol–water partition coefficient (Wildman–Crippen LogP) is 1.79. The molecule has 2 aliphatic heterocycles. The molecule has 0 radical (unpaired) electrons. The van der Waals surface area contributed by atoms with E-state index in [9.17, 15) is 19.5 Å². The largest absolute Gasteiger partial charge is 0.504 e. The number of hydrogen-bond acceptors (Lipinski definition) is 6. The second-order valence-electron chi connectivity index (χ2n) is 7.73. The Balaban J connectivity index is 1.74. The number of carbonyl (C=O) groups is 3. The Labute approximate surface area is 175 Å². The highest BCUT2D eigenvalue weighted by Gasteiger charge is 2.46. The molecule has 2 heterocycles. The zero-order valence-electron chi connectivity index (χ0n) is 17.5. The van der Waals surface area contributed by atoms with Gasteiger partial charge >= 0.3 is 5.97 Å². The van der Waals surface area contributed by atoms with Crippen molar-refractivity contribution >= 4 is 23.5 Å². The summed E-state index contributed by atoms with van der Waals surface area (Å²) in [6.07, 6.45) is 2.34. The fourth-order valence-electron chi connectivity index (χ4n) is 4.37. The molecular weight excluding hydrogens is 388 g/mol. The summed E-state index contributed by atoms with van der Waals surface area (Å²) in [5.41, 5.74) is -0.195. The SMILES string of the molecule is CC[C@H]1CN(CC[C@@]2(O)C(=O)Nc3ccccc32)C(=O)C[C@@H]1C(=COC)C(=O)OC. The summed E-state index contributed by atoms with van der Waals surface area (Å²) < 4.78 is 9.90. The van der Waals surface area contributed by atoms with Crippen molar-refractivity contribution in [2.75, 3.05) is 32.6 Å². The van der Waals surface area contributed by atoms with Crippen LogP contribution >= 0.6 is 0 Å². The van der Waals surface area contributed by atoms with Crippen LogP contribution in [-0.4, -0.2) is 55.1 Å². The number of aliphatic hydroxyl groups is 1. The third-order valence-corrected chi connectivity index (χ3v) is 6.10. The first kappa shape index (κ1) is 21.8. The number of ether oxygens (including phenoxy) is 2. The van der Waals surface area contributed by atoms with Gasteiger partial charge in [0.25, 0.3) is 5.91 Å². The minimum absolute atomic E-state index is 0.0301. The van der Waals surface area contributed by atoms with Crippen LogP contribution in [0.1, 0.15) is 31.7 Å². The lowest BCUT2D eigenvalue weighted by atomic mass is 9.78. The van der Waals surface area contributed by atoms with Gasteiger partial charge in [-0.25, -0.2) is 4.79 Å². The van der Waals surface area contributed by atoms with Crippen LogP contribution in [0, 0.1) is 11.8 Å². The Morgan fingerprint density at radius 2 is 2.07 bits per heavy atom. The van der Waals surface area contributed by atoms with E-state index in [1.54, 1.807) is 29.2 Å². The number of rotatable bonds is 7. The van der Waals surface area contributed by atoms with Crippen LogP contribution in [0.2, 0.25) is 0 Å². The van der Waals surface area contributed by atoms with Crippen molar-refractivity contribution < 1.29 is 29.0 Å². The molecule has 1 saturated heterocycles. The number of esters is 1. The van der Waals surface area contributed by atoms with Crippen LogP contribution in [0.3, 0.4) is 0 Å². The van der Waals surface area contributed by atoms with Gasteiger partial charge in [-0.05, 0) is 12.0 Å². The first-order chi connectivity index (χ1) is 14.3. The average molecular weight is 416 g/mol. The first-order valence-electron chi connectivity index (χ1n) is 10.1. The van der Waals surface area contributed by atoms with Crippen LogP contribution in [0.15, 0.2) is 36.1 Å². The Morgan fingerprint density at radius 3 is 2.73 bits per heavy atom. The highest BCUT2D eigenvalue weighted by atomic mass is 16.5. The maximum absolute atomic E-state index is 12.8. The molecule has 0 unspecified atom stereocenters. The van der Waals surface area contributed by atoms with Gasteiger partial charge < -0.3 is 24.8 Å². The van der Waals surface area contributed by atoms with Gasteiger partial charge in [-0.3, -0.25) is 9.59 Å². The van der Waals surface area contributed by atoms with E-state index in [0.717, 1.165) is 6.42 Å². The van der Waals surface area contributed by atoms with E-state index in [4.69, 9.17) is 9.47 Å². The summed E-state index contributed by atoms with van der Waals surface area (Å²) in [6.45, 7) is 2.67. The van der Waals surface area contributed by atoms with Gasteiger partial charge in [0.2, 0.25) is 5.91 Å². The topological polar surface area (TPSA) is 105 Å². The third kappa shape index (κ3) is 3.92. The van der Waals surface area contributed by atoms with Gasteiger partial charge in [0, 0.05) is 43.1 Å². The van der Waals surface area contributed by atoms with E-state index in [1.807, 2.05) is 6.92 Å². The minimum atomic E-state index is -1.66. The number of nitrogens with zero attached hydrogens (tertiary/aromatic N) is 1. The van der Waals surface area contributed by atoms with E-state index < -0.39 is 17.5 Å². The summed E-state index contributed by atoms with van der Waals surface area (Å²) in [7, 11) is 2.75. The molecule has 0 saturated carbocycles. The smallest absolute Gasteiger partial charge is 0.337 e. The molecule has 0 aliphatic carbocycles. The number of likely N-dealkylation sites (tertiary alicyclic amines) is 1. The summed E-state index contributed by atoms with van der Waals surface area (Å²) in [4.78, 5) is 39.1. The molecule has 2 amide bonds. The molecular formula is C22H28N2O6. The number of methoxy groups -OCH3 is 2. The van der Waals surface area contributed by atoms with Gasteiger partial charge in [-0.15, -0.1) is 0 Å².